The van der Waals surface area contributed by atoms with Gasteiger partial charge in [-0.15, -0.1) is 0 Å². The van der Waals surface area contributed by atoms with Crippen LogP contribution in [0.15, 0.2) is 35.4 Å². The Morgan fingerprint density at radius 1 is 1.42 bits per heavy atom. The molecule has 3 heterocycles. The Hall–Kier alpha value is -2.74. The highest BCUT2D eigenvalue weighted by Crippen LogP contribution is 2.18. The van der Waals surface area contributed by atoms with E-state index in [0.29, 0.717) is 18.7 Å². The van der Waals surface area contributed by atoms with Gasteiger partial charge in [0, 0.05) is 24.9 Å². The third-order valence-electron chi connectivity index (χ3n) is 4.08. The molecule has 0 radical (unpaired) electrons. The fraction of sp³-hybridized carbons (Fsp3) is 0.375. The summed E-state index contributed by atoms with van der Waals surface area (Å²) in [6.45, 7) is 0.860. The van der Waals surface area contributed by atoms with Crippen molar-refractivity contribution in [2.24, 2.45) is 5.92 Å². The van der Waals surface area contributed by atoms with Gasteiger partial charge >= 0.3 is 5.97 Å². The van der Waals surface area contributed by atoms with E-state index in [-0.39, 0.29) is 18.1 Å². The maximum absolute atomic E-state index is 12.4. The van der Waals surface area contributed by atoms with Crippen molar-refractivity contribution in [3.8, 4) is 0 Å². The van der Waals surface area contributed by atoms with Gasteiger partial charge in [-0.2, -0.15) is 0 Å². The number of carbonyl (C=O) groups is 2. The van der Waals surface area contributed by atoms with Crippen LogP contribution in [0.25, 0.3) is 5.65 Å². The van der Waals surface area contributed by atoms with Crippen LogP contribution in [0.3, 0.4) is 0 Å². The van der Waals surface area contributed by atoms with Gasteiger partial charge in [-0.05, 0) is 25.0 Å². The number of carbonyl (C=O) groups excluding carboxylic acids is 1. The Morgan fingerprint density at radius 2 is 2.25 bits per heavy atom. The summed E-state index contributed by atoms with van der Waals surface area (Å²) in [5.74, 6) is -2.22. The van der Waals surface area contributed by atoms with Crippen molar-refractivity contribution < 1.29 is 19.4 Å². The first-order chi connectivity index (χ1) is 11.6. The second-order valence-corrected chi connectivity index (χ2v) is 5.67. The summed E-state index contributed by atoms with van der Waals surface area (Å²) in [4.78, 5) is 40.3. The standard InChI is InChI=1S/C16H17N3O5/c20-14(18-13(16(22)23)10-4-3-7-24-9-10)11-8-17-12-5-1-2-6-19(12)15(11)21/h1-2,5-6,8,10,13H,3-4,7,9H2,(H,18,20)(H,22,23). The summed E-state index contributed by atoms with van der Waals surface area (Å²) in [7, 11) is 0. The van der Waals surface area contributed by atoms with Gasteiger partial charge in [0.2, 0.25) is 0 Å². The summed E-state index contributed by atoms with van der Waals surface area (Å²) in [5.41, 5.74) is -0.321. The van der Waals surface area contributed by atoms with E-state index in [1.165, 1.54) is 16.8 Å². The molecular formula is C16H17N3O5. The lowest BCUT2D eigenvalue weighted by Gasteiger charge is -2.27. The first-order valence-corrected chi connectivity index (χ1v) is 7.66. The number of hydrogen-bond donors (Lipinski definition) is 2. The van der Waals surface area contributed by atoms with Crippen LogP contribution in [0, 0.1) is 5.92 Å². The molecule has 0 aromatic carbocycles. The zero-order valence-corrected chi connectivity index (χ0v) is 12.8. The van der Waals surface area contributed by atoms with E-state index < -0.39 is 23.5 Å². The second-order valence-electron chi connectivity index (χ2n) is 5.67. The molecule has 2 aromatic rings. The number of nitrogens with zero attached hydrogens (tertiary/aromatic N) is 2. The van der Waals surface area contributed by atoms with E-state index in [4.69, 9.17) is 4.74 Å². The SMILES string of the molecule is O=C(NC(C(=O)O)C1CCCOC1)c1cnc2ccccn2c1=O. The maximum Gasteiger partial charge on any atom is 0.326 e. The zero-order valence-electron chi connectivity index (χ0n) is 12.8. The Bertz CT molecular complexity index is 826. The van der Waals surface area contributed by atoms with Crippen LogP contribution in [0.1, 0.15) is 23.2 Å². The third kappa shape index (κ3) is 3.13. The number of amides is 1. The molecule has 24 heavy (non-hydrogen) atoms. The van der Waals surface area contributed by atoms with Crippen LogP contribution in [0.2, 0.25) is 0 Å². The number of carboxylic acids is 1. The molecule has 2 N–H and O–H groups in total. The fourth-order valence-electron chi connectivity index (χ4n) is 2.81. The highest BCUT2D eigenvalue weighted by Gasteiger charge is 2.32. The molecule has 2 aromatic heterocycles. The number of carboxylic acid groups (broad SMARTS) is 1. The molecule has 1 aliphatic heterocycles. The molecule has 1 fully saturated rings. The van der Waals surface area contributed by atoms with Crippen LogP contribution in [-0.2, 0) is 9.53 Å². The minimum Gasteiger partial charge on any atom is -0.480 e. The Morgan fingerprint density at radius 3 is 2.96 bits per heavy atom. The molecular weight excluding hydrogens is 314 g/mol. The lowest BCUT2D eigenvalue weighted by Crippen LogP contribution is -2.49. The molecule has 8 heteroatoms. The molecule has 0 aliphatic carbocycles. The first kappa shape index (κ1) is 16.1. The van der Waals surface area contributed by atoms with Crippen molar-refractivity contribution in [2.45, 2.75) is 18.9 Å². The van der Waals surface area contributed by atoms with Crippen molar-refractivity contribution in [3.63, 3.8) is 0 Å². The minimum atomic E-state index is -1.15. The predicted molar refractivity (Wildman–Crippen MR) is 83.9 cm³/mol. The molecule has 126 valence electrons. The topological polar surface area (TPSA) is 110 Å². The van der Waals surface area contributed by atoms with Crippen LogP contribution < -0.4 is 10.9 Å². The summed E-state index contributed by atoms with van der Waals surface area (Å²) >= 11 is 0. The van der Waals surface area contributed by atoms with Gasteiger partial charge in [0.1, 0.15) is 17.3 Å². The average molecular weight is 331 g/mol. The number of pyridine rings is 1. The molecule has 1 amide bonds. The number of ether oxygens (including phenoxy) is 1. The number of hydrogen-bond acceptors (Lipinski definition) is 5. The Kier molecular flexibility index (Phi) is 4.57. The number of fused-ring (bicyclic) bond motifs is 1. The molecule has 1 saturated heterocycles. The molecule has 2 unspecified atom stereocenters. The lowest BCUT2D eigenvalue weighted by atomic mass is 9.93. The van der Waals surface area contributed by atoms with Gasteiger partial charge in [-0.3, -0.25) is 14.0 Å². The van der Waals surface area contributed by atoms with Crippen LogP contribution >= 0.6 is 0 Å². The van der Waals surface area contributed by atoms with Crippen molar-refractivity contribution in [2.75, 3.05) is 13.2 Å². The summed E-state index contributed by atoms with van der Waals surface area (Å²) in [6, 6.07) is 3.92. The maximum atomic E-state index is 12.4. The minimum absolute atomic E-state index is 0.193. The van der Waals surface area contributed by atoms with Crippen LogP contribution in [-0.4, -0.2) is 45.6 Å². The number of aromatic nitrogens is 2. The molecule has 0 spiro atoms. The van der Waals surface area contributed by atoms with E-state index in [9.17, 15) is 19.5 Å². The largest absolute Gasteiger partial charge is 0.480 e. The predicted octanol–water partition coefficient (Wildman–Crippen LogP) is 0.304. The highest BCUT2D eigenvalue weighted by molar-refractivity contribution is 5.96. The number of aliphatic carboxylic acids is 1. The molecule has 2 atom stereocenters. The highest BCUT2D eigenvalue weighted by atomic mass is 16.5. The Balaban J connectivity index is 1.86. The van der Waals surface area contributed by atoms with Gasteiger partial charge in [-0.1, -0.05) is 6.07 Å². The van der Waals surface area contributed by atoms with Crippen LogP contribution in [0.5, 0.6) is 0 Å². The fourth-order valence-corrected chi connectivity index (χ4v) is 2.81. The Labute approximate surface area is 137 Å². The van der Waals surface area contributed by atoms with Gasteiger partial charge in [0.05, 0.1) is 6.61 Å². The second kappa shape index (κ2) is 6.79. The van der Waals surface area contributed by atoms with E-state index in [1.54, 1.807) is 18.2 Å². The molecule has 3 rings (SSSR count). The number of rotatable bonds is 4. The normalized spacial score (nSPS) is 18.9. The van der Waals surface area contributed by atoms with E-state index >= 15 is 0 Å². The first-order valence-electron chi connectivity index (χ1n) is 7.66. The number of nitrogens with one attached hydrogen (secondary N) is 1. The monoisotopic (exact) mass is 331 g/mol. The smallest absolute Gasteiger partial charge is 0.326 e. The van der Waals surface area contributed by atoms with E-state index in [0.717, 1.165) is 6.42 Å². The van der Waals surface area contributed by atoms with Crippen molar-refractivity contribution in [3.05, 3.63) is 46.5 Å². The quantitative estimate of drug-likeness (QED) is 0.834. The average Bonchev–Trinajstić information content (AvgIpc) is 2.60. The molecule has 1 aliphatic rings. The van der Waals surface area contributed by atoms with Crippen LogP contribution in [0.4, 0.5) is 0 Å². The third-order valence-corrected chi connectivity index (χ3v) is 4.08. The van der Waals surface area contributed by atoms with Gasteiger partial charge in [0.15, 0.2) is 0 Å². The van der Waals surface area contributed by atoms with E-state index in [2.05, 4.69) is 10.3 Å². The van der Waals surface area contributed by atoms with Gasteiger partial charge in [0.25, 0.3) is 11.5 Å². The molecule has 8 nitrogen and oxygen atoms in total. The van der Waals surface area contributed by atoms with Gasteiger partial charge < -0.3 is 15.2 Å². The molecule has 0 bridgehead atoms. The lowest BCUT2D eigenvalue weighted by molar-refractivity contribution is -0.142. The summed E-state index contributed by atoms with van der Waals surface area (Å²) in [5, 5.41) is 11.8. The summed E-state index contributed by atoms with van der Waals surface area (Å²) in [6.07, 6.45) is 4.06. The van der Waals surface area contributed by atoms with Gasteiger partial charge in [-0.25, -0.2) is 9.78 Å². The summed E-state index contributed by atoms with van der Waals surface area (Å²) < 4.78 is 6.53. The van der Waals surface area contributed by atoms with Crippen molar-refractivity contribution in [1.29, 1.82) is 0 Å². The van der Waals surface area contributed by atoms with E-state index in [1.807, 2.05) is 0 Å². The zero-order chi connectivity index (χ0) is 17.1. The van der Waals surface area contributed by atoms with Crippen molar-refractivity contribution >= 4 is 17.5 Å². The van der Waals surface area contributed by atoms with Crippen molar-refractivity contribution in [1.82, 2.24) is 14.7 Å². The molecule has 0 saturated carbocycles.